The summed E-state index contributed by atoms with van der Waals surface area (Å²) in [6, 6.07) is 12.1. The van der Waals surface area contributed by atoms with Crippen LogP contribution in [0.15, 0.2) is 48.8 Å². The number of aliphatic hydroxyl groups excluding tert-OH is 3. The van der Waals surface area contributed by atoms with E-state index in [1.807, 2.05) is 12.1 Å². The molecule has 0 bridgehead atoms. The van der Waals surface area contributed by atoms with Gasteiger partial charge in [-0.25, -0.2) is 0 Å². The Balaban J connectivity index is 0.000000258. The van der Waals surface area contributed by atoms with Gasteiger partial charge >= 0.3 is 0 Å². The topological polar surface area (TPSA) is 112 Å². The van der Waals surface area contributed by atoms with Crippen LogP contribution in [0.4, 0.5) is 0 Å². The Morgan fingerprint density at radius 2 is 1.17 bits per heavy atom. The van der Waals surface area contributed by atoms with Gasteiger partial charge in [-0.15, -0.1) is 0 Å². The van der Waals surface area contributed by atoms with Gasteiger partial charge in [-0.1, -0.05) is 24.3 Å². The molecule has 124 valence electrons. The van der Waals surface area contributed by atoms with Crippen molar-refractivity contribution in [1.29, 1.82) is 0 Å². The molecule has 0 aliphatic rings. The number of hydrogen-bond donors (Lipinski definition) is 4. The molecule has 7 heteroatoms. The van der Waals surface area contributed by atoms with E-state index in [-0.39, 0.29) is 17.1 Å². The number of fused-ring (bicyclic) bond motifs is 3. The molecular weight excluding hydrogens is 338 g/mol. The summed E-state index contributed by atoms with van der Waals surface area (Å²) in [5.74, 6) is 0. The summed E-state index contributed by atoms with van der Waals surface area (Å²) in [4.78, 5) is 8.69. The number of rotatable bonds is 3. The molecule has 5 N–H and O–H groups in total. The molecule has 23 heavy (non-hydrogen) atoms. The average molecular weight is 357 g/mol. The van der Waals surface area contributed by atoms with Crippen LogP contribution in [0.3, 0.4) is 0 Å². The standard InChI is InChI=1S/C12H8N2.C4H11NO3.Fe/c1-3-9-5-6-10-4-2-8-14-12(10)11(9)13-7-1;5-4(1-6,2-7)3-8;/h1-8H;6-8H,1-3,5H2;. The molecule has 6 nitrogen and oxygen atoms in total. The maximum atomic E-state index is 8.34. The molecule has 3 aromatic rings. The summed E-state index contributed by atoms with van der Waals surface area (Å²) < 4.78 is 0. The molecule has 2 aromatic heterocycles. The van der Waals surface area contributed by atoms with E-state index in [9.17, 15) is 0 Å². The molecule has 0 radical (unpaired) electrons. The molecule has 0 aliphatic carbocycles. The SMILES string of the molecule is NC(CO)(CO)CO.[Fe].c1cnc2c(c1)ccc1cccnc12. The van der Waals surface area contributed by atoms with Gasteiger partial charge in [0, 0.05) is 40.2 Å². The fourth-order valence-corrected chi connectivity index (χ4v) is 1.83. The maximum absolute atomic E-state index is 8.34. The zero-order valence-electron chi connectivity index (χ0n) is 12.4. The number of hydrogen-bond acceptors (Lipinski definition) is 6. The average Bonchev–Trinajstić information content (AvgIpc) is 2.61. The Kier molecular flexibility index (Phi) is 7.51. The monoisotopic (exact) mass is 357 g/mol. The first-order valence-corrected chi connectivity index (χ1v) is 6.83. The van der Waals surface area contributed by atoms with Crippen LogP contribution in [0, 0.1) is 0 Å². The van der Waals surface area contributed by atoms with Gasteiger partial charge in [-0.3, -0.25) is 9.97 Å². The second kappa shape index (κ2) is 8.88. The minimum absolute atomic E-state index is 0. The van der Waals surface area contributed by atoms with E-state index in [4.69, 9.17) is 21.1 Å². The fraction of sp³-hybridized carbons (Fsp3) is 0.250. The van der Waals surface area contributed by atoms with Crippen molar-refractivity contribution in [3.63, 3.8) is 0 Å². The van der Waals surface area contributed by atoms with Crippen LogP contribution in [0.1, 0.15) is 0 Å². The van der Waals surface area contributed by atoms with Crippen LogP contribution in [0.25, 0.3) is 21.8 Å². The van der Waals surface area contributed by atoms with Gasteiger partial charge in [-0.2, -0.15) is 0 Å². The molecule has 0 unspecified atom stereocenters. The van der Waals surface area contributed by atoms with Crippen LogP contribution in [-0.2, 0) is 17.1 Å². The number of nitrogens with zero attached hydrogens (tertiary/aromatic N) is 2. The van der Waals surface area contributed by atoms with Gasteiger partial charge in [0.1, 0.15) is 0 Å². The molecule has 2 heterocycles. The minimum Gasteiger partial charge on any atom is -0.394 e. The normalized spacial score (nSPS) is 10.8. The second-order valence-corrected chi connectivity index (χ2v) is 5.05. The van der Waals surface area contributed by atoms with E-state index >= 15 is 0 Å². The molecule has 0 saturated heterocycles. The Bertz CT molecular complexity index is 688. The van der Waals surface area contributed by atoms with E-state index in [0.29, 0.717) is 0 Å². The summed E-state index contributed by atoms with van der Waals surface area (Å²) >= 11 is 0. The van der Waals surface area contributed by atoms with Crippen molar-refractivity contribution in [3.05, 3.63) is 48.8 Å². The predicted molar refractivity (Wildman–Crippen MR) is 85.2 cm³/mol. The van der Waals surface area contributed by atoms with Gasteiger partial charge in [0.25, 0.3) is 0 Å². The van der Waals surface area contributed by atoms with Gasteiger partial charge in [0.15, 0.2) is 0 Å². The predicted octanol–water partition coefficient (Wildman–Crippen LogP) is 0.441. The van der Waals surface area contributed by atoms with E-state index in [1.165, 1.54) is 0 Å². The number of nitrogens with two attached hydrogens (primary N) is 1. The first-order valence-electron chi connectivity index (χ1n) is 6.83. The summed E-state index contributed by atoms with van der Waals surface area (Å²) in [7, 11) is 0. The number of aliphatic hydroxyl groups is 3. The zero-order chi connectivity index (χ0) is 16.0. The molecule has 0 spiro atoms. The number of pyridine rings is 2. The molecule has 0 saturated carbocycles. The first kappa shape index (κ1) is 19.4. The van der Waals surface area contributed by atoms with Crippen molar-refractivity contribution in [1.82, 2.24) is 9.97 Å². The number of aromatic nitrogens is 2. The Morgan fingerprint density at radius 3 is 1.48 bits per heavy atom. The molecule has 0 atom stereocenters. The third-order valence-electron chi connectivity index (χ3n) is 3.29. The van der Waals surface area contributed by atoms with Crippen LogP contribution in [0.2, 0.25) is 0 Å². The van der Waals surface area contributed by atoms with E-state index in [0.717, 1.165) is 21.8 Å². The van der Waals surface area contributed by atoms with Crippen LogP contribution < -0.4 is 5.73 Å². The van der Waals surface area contributed by atoms with Gasteiger partial charge in [-0.05, 0) is 12.1 Å². The van der Waals surface area contributed by atoms with E-state index < -0.39 is 25.4 Å². The van der Waals surface area contributed by atoms with Crippen molar-refractivity contribution in [3.8, 4) is 0 Å². The zero-order valence-corrected chi connectivity index (χ0v) is 13.5. The fourth-order valence-electron chi connectivity index (χ4n) is 1.83. The van der Waals surface area contributed by atoms with Crippen molar-refractivity contribution in [2.24, 2.45) is 5.73 Å². The van der Waals surface area contributed by atoms with Crippen molar-refractivity contribution >= 4 is 21.8 Å². The Labute approximate surface area is 144 Å². The summed E-state index contributed by atoms with van der Waals surface area (Å²) in [5, 5.41) is 27.3. The van der Waals surface area contributed by atoms with Crippen molar-refractivity contribution < 1.29 is 32.4 Å². The largest absolute Gasteiger partial charge is 0.394 e. The maximum Gasteiger partial charge on any atom is 0.0964 e. The third kappa shape index (κ3) is 4.68. The van der Waals surface area contributed by atoms with Crippen LogP contribution >= 0.6 is 0 Å². The van der Waals surface area contributed by atoms with Crippen LogP contribution in [0.5, 0.6) is 0 Å². The molecular formula is C16H19FeN3O3. The third-order valence-corrected chi connectivity index (χ3v) is 3.29. The molecule has 1 aromatic carbocycles. The quantitative estimate of drug-likeness (QED) is 0.400. The Morgan fingerprint density at radius 1 is 0.783 bits per heavy atom. The minimum atomic E-state index is -1.21. The molecule has 0 amide bonds. The molecule has 3 rings (SSSR count). The molecule has 0 aliphatic heterocycles. The van der Waals surface area contributed by atoms with Crippen molar-refractivity contribution in [2.75, 3.05) is 19.8 Å². The van der Waals surface area contributed by atoms with Gasteiger partial charge in [0.2, 0.25) is 0 Å². The second-order valence-electron chi connectivity index (χ2n) is 5.05. The summed E-state index contributed by atoms with van der Waals surface area (Å²) in [6.07, 6.45) is 3.60. The summed E-state index contributed by atoms with van der Waals surface area (Å²) in [6.45, 7) is -1.21. The van der Waals surface area contributed by atoms with E-state index in [1.54, 1.807) is 12.4 Å². The molecule has 0 fully saturated rings. The van der Waals surface area contributed by atoms with Gasteiger partial charge in [0.05, 0.1) is 36.4 Å². The van der Waals surface area contributed by atoms with Crippen molar-refractivity contribution in [2.45, 2.75) is 5.54 Å². The van der Waals surface area contributed by atoms with E-state index in [2.05, 4.69) is 34.2 Å². The number of benzene rings is 1. The Hall–Kier alpha value is -1.60. The first-order chi connectivity index (χ1) is 10.6. The van der Waals surface area contributed by atoms with Crippen LogP contribution in [-0.4, -0.2) is 50.6 Å². The van der Waals surface area contributed by atoms with Gasteiger partial charge < -0.3 is 21.1 Å². The summed E-state index contributed by atoms with van der Waals surface area (Å²) in [5.41, 5.74) is 5.89. The smallest absolute Gasteiger partial charge is 0.0964 e.